The van der Waals surface area contributed by atoms with E-state index in [1.54, 1.807) is 0 Å². The van der Waals surface area contributed by atoms with Crippen molar-refractivity contribution in [1.29, 1.82) is 0 Å². The molecule has 2 heterocycles. The summed E-state index contributed by atoms with van der Waals surface area (Å²) in [5, 5.41) is 14.4. The Kier molecular flexibility index (Phi) is 3.44. The van der Waals surface area contributed by atoms with Crippen molar-refractivity contribution in [1.82, 2.24) is 4.90 Å². The molecule has 2 aliphatic heterocycles. The van der Waals surface area contributed by atoms with Crippen LogP contribution >= 0.6 is 0 Å². The van der Waals surface area contributed by atoms with Gasteiger partial charge in [0.05, 0.1) is 12.1 Å². The largest absolute Gasteiger partial charge is 0.391 e. The summed E-state index contributed by atoms with van der Waals surface area (Å²) in [6.07, 6.45) is 2.86. The normalized spacial score (nSPS) is 33.4. The fraction of sp³-hybridized carbons (Fsp3) is 0.455. The summed E-state index contributed by atoms with van der Waals surface area (Å²) in [6, 6.07) is 18.1. The van der Waals surface area contributed by atoms with E-state index >= 15 is 0 Å². The fourth-order valence-corrected chi connectivity index (χ4v) is 5.70. The number of benzene rings is 2. The van der Waals surface area contributed by atoms with Crippen molar-refractivity contribution in [3.8, 4) is 0 Å². The van der Waals surface area contributed by atoms with E-state index in [1.807, 2.05) is 0 Å². The van der Waals surface area contributed by atoms with Crippen LogP contribution < -0.4 is 5.32 Å². The summed E-state index contributed by atoms with van der Waals surface area (Å²) in [6.45, 7) is 4.34. The average Bonchev–Trinajstić information content (AvgIpc) is 3.16. The Morgan fingerprint density at radius 2 is 1.92 bits per heavy atom. The van der Waals surface area contributed by atoms with Gasteiger partial charge in [0.25, 0.3) is 0 Å². The maximum atomic E-state index is 10.7. The molecule has 3 heteroatoms. The topological polar surface area (TPSA) is 35.5 Å². The first-order valence-electron chi connectivity index (χ1n) is 9.53. The summed E-state index contributed by atoms with van der Waals surface area (Å²) in [5.41, 5.74) is 5.53. The molecule has 25 heavy (non-hydrogen) atoms. The number of para-hydroxylation sites is 1. The Bertz CT molecular complexity index is 804. The first-order valence-corrected chi connectivity index (χ1v) is 9.53. The fourth-order valence-electron chi connectivity index (χ4n) is 5.70. The van der Waals surface area contributed by atoms with Gasteiger partial charge in [-0.1, -0.05) is 42.5 Å². The van der Waals surface area contributed by atoms with Gasteiger partial charge in [-0.25, -0.2) is 0 Å². The average molecular weight is 334 g/mol. The van der Waals surface area contributed by atoms with Crippen molar-refractivity contribution in [3.05, 3.63) is 65.2 Å². The van der Waals surface area contributed by atoms with Gasteiger partial charge in [-0.15, -0.1) is 0 Å². The highest BCUT2D eigenvalue weighted by atomic mass is 16.3. The Hall–Kier alpha value is -1.84. The number of fused-ring (bicyclic) bond motifs is 1. The van der Waals surface area contributed by atoms with Crippen molar-refractivity contribution >= 4 is 5.69 Å². The lowest BCUT2D eigenvalue weighted by molar-refractivity contribution is 0.0412. The molecular formula is C22H26N2O. The first-order chi connectivity index (χ1) is 12.2. The molecule has 1 aliphatic carbocycles. The zero-order chi connectivity index (χ0) is 17.0. The molecule has 5 rings (SSSR count). The van der Waals surface area contributed by atoms with Gasteiger partial charge in [0.1, 0.15) is 0 Å². The zero-order valence-electron chi connectivity index (χ0n) is 14.8. The summed E-state index contributed by atoms with van der Waals surface area (Å²) < 4.78 is 0. The monoisotopic (exact) mass is 334 g/mol. The number of rotatable bonds is 2. The molecule has 1 spiro atoms. The van der Waals surface area contributed by atoms with Crippen LogP contribution in [0.5, 0.6) is 0 Å². The lowest BCUT2D eigenvalue weighted by Gasteiger charge is -2.46. The van der Waals surface area contributed by atoms with E-state index < -0.39 is 0 Å². The van der Waals surface area contributed by atoms with Crippen molar-refractivity contribution in [3.63, 3.8) is 0 Å². The third-order valence-corrected chi connectivity index (χ3v) is 6.90. The number of anilines is 1. The van der Waals surface area contributed by atoms with E-state index in [-0.39, 0.29) is 17.6 Å². The van der Waals surface area contributed by atoms with E-state index in [0.717, 1.165) is 32.4 Å². The van der Waals surface area contributed by atoms with Gasteiger partial charge in [-0.05, 0) is 55.5 Å². The molecular weight excluding hydrogens is 308 g/mol. The van der Waals surface area contributed by atoms with Gasteiger partial charge < -0.3 is 10.4 Å². The number of aryl methyl sites for hydroxylation is 1. The number of aliphatic hydroxyl groups is 1. The number of nitrogens with one attached hydrogen (secondary N) is 1. The van der Waals surface area contributed by atoms with Crippen molar-refractivity contribution < 1.29 is 5.11 Å². The SMILES string of the molecule is Cc1ccccc1CN1CC[C@@]23c4ccccc4N[C@H]2[C@@H](O)CC[C@H]13. The van der Waals surface area contributed by atoms with Crippen LogP contribution in [-0.2, 0) is 12.0 Å². The Morgan fingerprint density at radius 1 is 1.12 bits per heavy atom. The van der Waals surface area contributed by atoms with Gasteiger partial charge >= 0.3 is 0 Å². The lowest BCUT2D eigenvalue weighted by Crippen LogP contribution is -2.57. The van der Waals surface area contributed by atoms with Crippen LogP contribution in [-0.4, -0.2) is 34.7 Å². The first kappa shape index (κ1) is 15.4. The van der Waals surface area contributed by atoms with Gasteiger partial charge in [0.15, 0.2) is 0 Å². The number of hydrogen-bond donors (Lipinski definition) is 2. The molecule has 2 aromatic carbocycles. The Labute approximate surface area is 149 Å². The molecule has 3 aliphatic rings. The molecule has 0 aromatic heterocycles. The van der Waals surface area contributed by atoms with Crippen LogP contribution in [0.15, 0.2) is 48.5 Å². The highest BCUT2D eigenvalue weighted by Gasteiger charge is 2.60. The lowest BCUT2D eigenvalue weighted by atomic mass is 9.64. The van der Waals surface area contributed by atoms with Crippen LogP contribution in [0.1, 0.15) is 36.0 Å². The highest BCUT2D eigenvalue weighted by Crippen LogP contribution is 2.55. The van der Waals surface area contributed by atoms with E-state index in [2.05, 4.69) is 65.7 Å². The maximum absolute atomic E-state index is 10.7. The Balaban J connectivity index is 1.53. The summed E-state index contributed by atoms with van der Waals surface area (Å²) >= 11 is 0. The number of aliphatic hydroxyl groups excluding tert-OH is 1. The van der Waals surface area contributed by atoms with Crippen LogP contribution in [0.2, 0.25) is 0 Å². The molecule has 2 aromatic rings. The summed E-state index contributed by atoms with van der Waals surface area (Å²) in [5.74, 6) is 0. The van der Waals surface area contributed by atoms with Gasteiger partial charge in [-0.2, -0.15) is 0 Å². The van der Waals surface area contributed by atoms with Crippen molar-refractivity contribution in [2.45, 2.75) is 56.3 Å². The molecule has 0 bridgehead atoms. The molecule has 0 amide bonds. The number of hydrogen-bond acceptors (Lipinski definition) is 3. The van der Waals surface area contributed by atoms with Crippen LogP contribution in [0, 0.1) is 6.92 Å². The summed E-state index contributed by atoms with van der Waals surface area (Å²) in [7, 11) is 0. The standard InChI is InChI=1S/C22H26N2O/c1-15-6-2-3-7-16(15)14-24-13-12-22-17-8-4-5-9-18(17)23-21(22)19(25)10-11-20(22)24/h2-9,19-21,23,25H,10-14H2,1H3/t19-,20-,21-,22-/m0/s1. The minimum absolute atomic E-state index is 0.0664. The zero-order valence-corrected chi connectivity index (χ0v) is 14.8. The Morgan fingerprint density at radius 3 is 2.80 bits per heavy atom. The maximum Gasteiger partial charge on any atom is 0.0751 e. The minimum Gasteiger partial charge on any atom is -0.391 e. The molecule has 130 valence electrons. The molecule has 0 unspecified atom stereocenters. The molecule has 2 N–H and O–H groups in total. The van der Waals surface area contributed by atoms with E-state index in [1.165, 1.54) is 22.4 Å². The van der Waals surface area contributed by atoms with Gasteiger partial charge in [-0.3, -0.25) is 4.90 Å². The molecule has 2 fully saturated rings. The quantitative estimate of drug-likeness (QED) is 0.883. The van der Waals surface area contributed by atoms with E-state index in [4.69, 9.17) is 0 Å². The molecule has 3 nitrogen and oxygen atoms in total. The van der Waals surface area contributed by atoms with Crippen LogP contribution in [0.25, 0.3) is 0 Å². The molecule has 1 saturated carbocycles. The molecule has 1 saturated heterocycles. The number of likely N-dealkylation sites (tertiary alicyclic amines) is 1. The third-order valence-electron chi connectivity index (χ3n) is 6.90. The van der Waals surface area contributed by atoms with Crippen LogP contribution in [0.4, 0.5) is 5.69 Å². The highest BCUT2D eigenvalue weighted by molar-refractivity contribution is 5.64. The summed E-state index contributed by atoms with van der Waals surface area (Å²) in [4.78, 5) is 2.67. The van der Waals surface area contributed by atoms with E-state index in [9.17, 15) is 5.11 Å². The van der Waals surface area contributed by atoms with Crippen molar-refractivity contribution in [2.24, 2.45) is 0 Å². The second-order valence-electron chi connectivity index (χ2n) is 8.02. The third kappa shape index (κ3) is 2.12. The smallest absolute Gasteiger partial charge is 0.0751 e. The van der Waals surface area contributed by atoms with Crippen molar-refractivity contribution in [2.75, 3.05) is 11.9 Å². The van der Waals surface area contributed by atoms with Crippen LogP contribution in [0.3, 0.4) is 0 Å². The molecule has 4 atom stereocenters. The second-order valence-corrected chi connectivity index (χ2v) is 8.02. The van der Waals surface area contributed by atoms with Gasteiger partial charge in [0, 0.05) is 23.7 Å². The predicted molar refractivity (Wildman–Crippen MR) is 101 cm³/mol. The molecule has 0 radical (unpaired) electrons. The minimum atomic E-state index is -0.248. The van der Waals surface area contributed by atoms with E-state index in [0.29, 0.717) is 6.04 Å². The van der Waals surface area contributed by atoms with Gasteiger partial charge in [0.2, 0.25) is 0 Å². The number of nitrogens with zero attached hydrogens (tertiary/aromatic N) is 1. The predicted octanol–water partition coefficient (Wildman–Crippen LogP) is 3.46. The second kappa shape index (κ2) is 5.58.